The molecule has 0 unspecified atom stereocenters. The average molecular weight is 463 g/mol. The van der Waals surface area contributed by atoms with Crippen molar-refractivity contribution in [1.29, 1.82) is 5.26 Å². The summed E-state index contributed by atoms with van der Waals surface area (Å²) >= 11 is 2.79. The number of nitrogens with one attached hydrogen (secondary N) is 2. The normalized spacial score (nSPS) is 14.0. The van der Waals surface area contributed by atoms with Gasteiger partial charge in [0.15, 0.2) is 4.34 Å². The topological polar surface area (TPSA) is 105 Å². The van der Waals surface area contributed by atoms with E-state index in [1.807, 2.05) is 20.8 Å². The summed E-state index contributed by atoms with van der Waals surface area (Å²) in [5.41, 5.74) is 2.58. The molecule has 1 saturated carbocycles. The number of anilines is 2. The second kappa shape index (κ2) is 11.5. The molecule has 0 radical (unpaired) electrons. The Morgan fingerprint density at radius 1 is 1.35 bits per heavy atom. The fourth-order valence-electron chi connectivity index (χ4n) is 3.85. The maximum atomic E-state index is 12.7. The zero-order valence-electron chi connectivity index (χ0n) is 18.4. The summed E-state index contributed by atoms with van der Waals surface area (Å²) in [4.78, 5) is 12.7. The lowest BCUT2D eigenvalue weighted by Gasteiger charge is -2.19. The van der Waals surface area contributed by atoms with Crippen LogP contribution in [0.15, 0.2) is 4.34 Å². The molecular formula is C21H30N6O2S2. The maximum Gasteiger partial charge on any atom is 0.235 e. The fraction of sp³-hybridized carbons (Fsp3) is 0.619. The highest BCUT2D eigenvalue weighted by molar-refractivity contribution is 8.01. The zero-order chi connectivity index (χ0) is 22.2. The van der Waals surface area contributed by atoms with Crippen molar-refractivity contribution in [1.82, 2.24) is 14.8 Å². The van der Waals surface area contributed by atoms with Crippen molar-refractivity contribution in [3.63, 3.8) is 0 Å². The molecule has 168 valence electrons. The van der Waals surface area contributed by atoms with E-state index in [4.69, 9.17) is 4.74 Å². The smallest absolute Gasteiger partial charge is 0.235 e. The number of rotatable bonds is 11. The summed E-state index contributed by atoms with van der Waals surface area (Å²) in [7, 11) is 0. The molecule has 1 amide bonds. The van der Waals surface area contributed by atoms with Crippen molar-refractivity contribution >= 4 is 40.0 Å². The molecule has 10 heteroatoms. The molecule has 31 heavy (non-hydrogen) atoms. The van der Waals surface area contributed by atoms with Gasteiger partial charge in [-0.2, -0.15) is 5.26 Å². The lowest BCUT2D eigenvalue weighted by molar-refractivity contribution is -0.113. The first-order chi connectivity index (χ1) is 15.0. The number of carbonyl (C=O) groups excluding carboxylic acids is 1. The fourth-order valence-corrected chi connectivity index (χ4v) is 5.43. The molecule has 2 N–H and O–H groups in total. The Morgan fingerprint density at radius 2 is 2.13 bits per heavy atom. The predicted octanol–water partition coefficient (Wildman–Crippen LogP) is 4.51. The number of nitriles is 1. The number of hydrogen-bond donors (Lipinski definition) is 2. The van der Waals surface area contributed by atoms with Crippen LogP contribution >= 0.6 is 23.1 Å². The predicted molar refractivity (Wildman–Crippen MR) is 125 cm³/mol. The molecule has 0 aliphatic heterocycles. The van der Waals surface area contributed by atoms with Crippen molar-refractivity contribution in [2.75, 3.05) is 36.1 Å². The van der Waals surface area contributed by atoms with Crippen LogP contribution in [0.25, 0.3) is 0 Å². The molecule has 0 spiro atoms. The number of aromatic nitrogens is 3. The Balaban J connectivity index is 1.57. The first kappa shape index (κ1) is 23.6. The van der Waals surface area contributed by atoms with E-state index in [0.717, 1.165) is 59.7 Å². The Bertz CT molecular complexity index is 927. The molecule has 0 aromatic carbocycles. The van der Waals surface area contributed by atoms with Crippen LogP contribution in [0.2, 0.25) is 0 Å². The molecule has 2 heterocycles. The molecule has 1 fully saturated rings. The first-order valence-electron chi connectivity index (χ1n) is 10.7. The molecule has 2 aromatic rings. The van der Waals surface area contributed by atoms with Crippen molar-refractivity contribution in [3.05, 3.63) is 16.8 Å². The maximum absolute atomic E-state index is 12.7. The van der Waals surface area contributed by atoms with Crippen LogP contribution in [0.5, 0.6) is 0 Å². The molecule has 1 aliphatic rings. The Kier molecular flexibility index (Phi) is 8.75. The van der Waals surface area contributed by atoms with Crippen LogP contribution in [-0.2, 0) is 9.53 Å². The van der Waals surface area contributed by atoms with Gasteiger partial charge in [0, 0.05) is 31.5 Å². The van der Waals surface area contributed by atoms with Gasteiger partial charge in [0.25, 0.3) is 0 Å². The van der Waals surface area contributed by atoms with Crippen LogP contribution < -0.4 is 10.6 Å². The molecule has 2 aromatic heterocycles. The second-order valence-electron chi connectivity index (χ2n) is 7.54. The monoisotopic (exact) mass is 462 g/mol. The van der Waals surface area contributed by atoms with Gasteiger partial charge in [-0.05, 0) is 45.6 Å². The number of carbonyl (C=O) groups is 1. The van der Waals surface area contributed by atoms with Crippen molar-refractivity contribution < 1.29 is 9.53 Å². The highest BCUT2D eigenvalue weighted by atomic mass is 32.2. The number of ether oxygens (including phenoxy) is 1. The van der Waals surface area contributed by atoms with Crippen LogP contribution in [0.3, 0.4) is 0 Å². The Morgan fingerprint density at radius 3 is 2.84 bits per heavy atom. The molecule has 0 saturated heterocycles. The van der Waals surface area contributed by atoms with Crippen LogP contribution in [0.4, 0.5) is 10.9 Å². The van der Waals surface area contributed by atoms with Gasteiger partial charge in [-0.3, -0.25) is 4.79 Å². The van der Waals surface area contributed by atoms with E-state index in [1.165, 1.54) is 35.9 Å². The number of nitrogens with zero attached hydrogens (tertiary/aromatic N) is 4. The summed E-state index contributed by atoms with van der Waals surface area (Å²) < 4.78 is 8.22. The van der Waals surface area contributed by atoms with E-state index >= 15 is 0 Å². The zero-order valence-corrected chi connectivity index (χ0v) is 20.0. The lowest BCUT2D eigenvalue weighted by atomic mass is 10.2. The van der Waals surface area contributed by atoms with Crippen LogP contribution in [0, 0.1) is 25.2 Å². The highest BCUT2D eigenvalue weighted by Gasteiger charge is 2.26. The van der Waals surface area contributed by atoms with Gasteiger partial charge in [0.05, 0.1) is 11.3 Å². The van der Waals surface area contributed by atoms with E-state index in [9.17, 15) is 10.1 Å². The molecule has 0 bridgehead atoms. The van der Waals surface area contributed by atoms with E-state index in [1.54, 1.807) is 0 Å². The van der Waals surface area contributed by atoms with Gasteiger partial charge in [0.2, 0.25) is 11.0 Å². The van der Waals surface area contributed by atoms with Gasteiger partial charge in [-0.15, -0.1) is 10.2 Å². The van der Waals surface area contributed by atoms with Crippen molar-refractivity contribution in [2.45, 2.75) is 63.3 Å². The summed E-state index contributed by atoms with van der Waals surface area (Å²) in [5.74, 6) is 0.723. The van der Waals surface area contributed by atoms with Gasteiger partial charge < -0.3 is 19.9 Å². The van der Waals surface area contributed by atoms with Gasteiger partial charge in [-0.1, -0.05) is 35.9 Å². The van der Waals surface area contributed by atoms with Gasteiger partial charge in [0.1, 0.15) is 11.9 Å². The number of amides is 1. The van der Waals surface area contributed by atoms with E-state index < -0.39 is 0 Å². The third-order valence-electron chi connectivity index (χ3n) is 5.50. The second-order valence-corrected chi connectivity index (χ2v) is 9.74. The van der Waals surface area contributed by atoms with Crippen LogP contribution in [0.1, 0.15) is 61.9 Å². The molecule has 1 aliphatic carbocycles. The minimum atomic E-state index is -0.139. The number of hydrogen-bond acceptors (Lipinski definition) is 8. The third-order valence-corrected chi connectivity index (χ3v) is 7.51. The molecular weight excluding hydrogens is 432 g/mol. The molecule has 8 nitrogen and oxygen atoms in total. The van der Waals surface area contributed by atoms with Crippen LogP contribution in [-0.4, -0.2) is 46.2 Å². The van der Waals surface area contributed by atoms with Gasteiger partial charge in [-0.25, -0.2) is 0 Å². The minimum Gasteiger partial charge on any atom is -0.382 e. The number of thioether (sulfide) groups is 1. The lowest BCUT2D eigenvalue weighted by Crippen LogP contribution is -2.19. The largest absolute Gasteiger partial charge is 0.382 e. The summed E-state index contributed by atoms with van der Waals surface area (Å²) in [5, 5.41) is 24.9. The highest BCUT2D eigenvalue weighted by Crippen LogP contribution is 2.37. The SMILES string of the molecule is CCOCCCNc1nnc(SCC(=O)Nc2c(C#N)c(C)c(C)n2C2CCCC2)s1. The van der Waals surface area contributed by atoms with E-state index in [0.29, 0.717) is 17.4 Å². The summed E-state index contributed by atoms with van der Waals surface area (Å²) in [6.45, 7) is 8.18. The van der Waals surface area contributed by atoms with Crippen molar-refractivity contribution in [3.8, 4) is 6.07 Å². The summed E-state index contributed by atoms with van der Waals surface area (Å²) in [6, 6.07) is 2.63. The minimum absolute atomic E-state index is 0.139. The summed E-state index contributed by atoms with van der Waals surface area (Å²) in [6.07, 6.45) is 5.45. The molecule has 3 rings (SSSR count). The Hall–Kier alpha value is -2.09. The van der Waals surface area contributed by atoms with E-state index in [-0.39, 0.29) is 11.7 Å². The molecule has 0 atom stereocenters. The van der Waals surface area contributed by atoms with Gasteiger partial charge >= 0.3 is 0 Å². The average Bonchev–Trinajstić information content (AvgIpc) is 3.48. The Labute approximate surface area is 191 Å². The van der Waals surface area contributed by atoms with E-state index in [2.05, 4.69) is 31.5 Å². The quantitative estimate of drug-likeness (QED) is 0.374. The third kappa shape index (κ3) is 5.99. The standard InChI is InChI=1S/C21H30N6O2S2/c1-4-29-11-7-10-23-20-25-26-21(31-20)30-13-18(28)24-19-17(12-22)14(2)15(3)27(19)16-8-5-6-9-16/h16H,4-11,13H2,1-3H3,(H,23,25)(H,24,28). The first-order valence-corrected chi connectivity index (χ1v) is 12.5. The van der Waals surface area contributed by atoms with Crippen molar-refractivity contribution in [2.24, 2.45) is 0 Å².